The maximum atomic E-state index is 14.4. The van der Waals surface area contributed by atoms with E-state index in [0.29, 0.717) is 23.6 Å². The van der Waals surface area contributed by atoms with Gasteiger partial charge in [-0.05, 0) is 55.9 Å². The zero-order valence-corrected chi connectivity index (χ0v) is 19.4. The standard InChI is InChI=1S/C27H39FN2O/c1-3-5-6-7-8-9-21-10-12-22(13-11-21)14-15-23-16-19-27(30-29-23)25-18-17-24(31-4-2)20-26(25)28/h16-22H,3-15H2,1-2H3. The molecule has 3 rings (SSSR count). The van der Waals surface area contributed by atoms with Gasteiger partial charge in [0.2, 0.25) is 0 Å². The number of aryl methyl sites for hydroxylation is 1. The van der Waals surface area contributed by atoms with E-state index in [2.05, 4.69) is 17.1 Å². The smallest absolute Gasteiger partial charge is 0.136 e. The Morgan fingerprint density at radius 3 is 2.26 bits per heavy atom. The van der Waals surface area contributed by atoms with E-state index in [1.807, 2.05) is 19.1 Å². The topological polar surface area (TPSA) is 35.0 Å². The Hall–Kier alpha value is -1.97. The van der Waals surface area contributed by atoms with E-state index in [4.69, 9.17) is 4.74 Å². The Bertz CT molecular complexity index is 769. The predicted octanol–water partition coefficient (Wildman–Crippen LogP) is 7.78. The van der Waals surface area contributed by atoms with Crippen LogP contribution in [0.2, 0.25) is 0 Å². The van der Waals surface area contributed by atoms with Crippen LogP contribution in [-0.2, 0) is 6.42 Å². The third-order valence-corrected chi connectivity index (χ3v) is 6.74. The number of aromatic nitrogens is 2. The summed E-state index contributed by atoms with van der Waals surface area (Å²) >= 11 is 0. The minimum atomic E-state index is -0.324. The van der Waals surface area contributed by atoms with Crippen molar-refractivity contribution < 1.29 is 9.13 Å². The number of halogens is 1. The first-order chi connectivity index (χ1) is 15.2. The van der Waals surface area contributed by atoms with Crippen molar-refractivity contribution in [1.29, 1.82) is 0 Å². The van der Waals surface area contributed by atoms with E-state index in [1.54, 1.807) is 12.1 Å². The summed E-state index contributed by atoms with van der Waals surface area (Å²) in [5.41, 5.74) is 2.05. The number of benzene rings is 1. The Morgan fingerprint density at radius 1 is 0.871 bits per heavy atom. The van der Waals surface area contributed by atoms with Gasteiger partial charge < -0.3 is 4.74 Å². The molecule has 31 heavy (non-hydrogen) atoms. The zero-order valence-electron chi connectivity index (χ0n) is 19.4. The van der Waals surface area contributed by atoms with Gasteiger partial charge in [0.05, 0.1) is 18.0 Å². The van der Waals surface area contributed by atoms with Gasteiger partial charge in [-0.3, -0.25) is 0 Å². The van der Waals surface area contributed by atoms with Gasteiger partial charge in [0, 0.05) is 11.6 Å². The van der Waals surface area contributed by atoms with Gasteiger partial charge in [-0.25, -0.2) is 4.39 Å². The second-order valence-electron chi connectivity index (χ2n) is 9.11. The van der Waals surface area contributed by atoms with Crippen molar-refractivity contribution in [3.05, 3.63) is 41.8 Å². The largest absolute Gasteiger partial charge is 0.494 e. The molecular weight excluding hydrogens is 387 g/mol. The van der Waals surface area contributed by atoms with Crippen LogP contribution in [0.5, 0.6) is 5.75 Å². The summed E-state index contributed by atoms with van der Waals surface area (Å²) in [6.45, 7) is 4.69. The first-order valence-corrected chi connectivity index (χ1v) is 12.4. The summed E-state index contributed by atoms with van der Waals surface area (Å²) in [6.07, 6.45) is 16.1. The normalized spacial score (nSPS) is 18.8. The minimum Gasteiger partial charge on any atom is -0.494 e. The zero-order chi connectivity index (χ0) is 21.9. The van der Waals surface area contributed by atoms with Gasteiger partial charge in [-0.1, -0.05) is 71.1 Å². The van der Waals surface area contributed by atoms with E-state index in [0.717, 1.165) is 24.0 Å². The molecule has 0 saturated heterocycles. The lowest BCUT2D eigenvalue weighted by atomic mass is 9.78. The molecule has 0 amide bonds. The molecule has 1 saturated carbocycles. The Morgan fingerprint density at radius 2 is 1.61 bits per heavy atom. The highest BCUT2D eigenvalue weighted by molar-refractivity contribution is 5.60. The van der Waals surface area contributed by atoms with Gasteiger partial charge in [0.25, 0.3) is 0 Å². The van der Waals surface area contributed by atoms with Gasteiger partial charge in [-0.2, -0.15) is 10.2 Å². The van der Waals surface area contributed by atoms with E-state index in [9.17, 15) is 4.39 Å². The first kappa shape index (κ1) is 23.7. The first-order valence-electron chi connectivity index (χ1n) is 12.4. The van der Waals surface area contributed by atoms with Crippen molar-refractivity contribution in [3.8, 4) is 17.0 Å². The third kappa shape index (κ3) is 7.59. The summed E-state index contributed by atoms with van der Waals surface area (Å²) in [5.74, 6) is 2.00. The molecule has 1 aliphatic carbocycles. The summed E-state index contributed by atoms with van der Waals surface area (Å²) in [5, 5.41) is 8.66. The number of ether oxygens (including phenoxy) is 1. The van der Waals surface area contributed by atoms with Crippen molar-refractivity contribution in [1.82, 2.24) is 10.2 Å². The summed E-state index contributed by atoms with van der Waals surface area (Å²) in [4.78, 5) is 0. The average Bonchev–Trinajstić information content (AvgIpc) is 2.79. The molecule has 2 aromatic rings. The molecule has 3 nitrogen and oxygen atoms in total. The van der Waals surface area contributed by atoms with Crippen molar-refractivity contribution in [3.63, 3.8) is 0 Å². The third-order valence-electron chi connectivity index (χ3n) is 6.74. The average molecular weight is 427 g/mol. The molecule has 4 heteroatoms. The molecule has 1 aromatic heterocycles. The van der Waals surface area contributed by atoms with Gasteiger partial charge >= 0.3 is 0 Å². The van der Waals surface area contributed by atoms with Crippen molar-refractivity contribution in [2.75, 3.05) is 6.61 Å². The molecule has 1 aliphatic rings. The van der Waals surface area contributed by atoms with E-state index in [-0.39, 0.29) is 5.82 Å². The van der Waals surface area contributed by atoms with Gasteiger partial charge in [0.15, 0.2) is 0 Å². The van der Waals surface area contributed by atoms with Gasteiger partial charge in [-0.15, -0.1) is 0 Å². The lowest BCUT2D eigenvalue weighted by molar-refractivity contribution is 0.248. The lowest BCUT2D eigenvalue weighted by Crippen LogP contribution is -2.15. The molecule has 170 valence electrons. The molecule has 1 aromatic carbocycles. The van der Waals surface area contributed by atoms with Crippen LogP contribution in [-0.4, -0.2) is 16.8 Å². The number of rotatable bonds is 12. The summed E-state index contributed by atoms with van der Waals surface area (Å²) < 4.78 is 19.7. The van der Waals surface area contributed by atoms with Crippen molar-refractivity contribution >= 4 is 0 Å². The highest BCUT2D eigenvalue weighted by atomic mass is 19.1. The summed E-state index contributed by atoms with van der Waals surface area (Å²) in [7, 11) is 0. The van der Waals surface area contributed by atoms with Crippen molar-refractivity contribution in [2.45, 2.75) is 90.9 Å². The number of hydrogen-bond donors (Lipinski definition) is 0. The second-order valence-corrected chi connectivity index (χ2v) is 9.11. The molecule has 0 aliphatic heterocycles. The van der Waals surface area contributed by atoms with Crippen molar-refractivity contribution in [2.24, 2.45) is 11.8 Å². The fourth-order valence-corrected chi connectivity index (χ4v) is 4.79. The van der Waals surface area contributed by atoms with Crippen LogP contribution in [0.1, 0.15) is 90.2 Å². The molecule has 1 fully saturated rings. The molecule has 0 bridgehead atoms. The Balaban J connectivity index is 1.40. The lowest BCUT2D eigenvalue weighted by Gasteiger charge is -2.28. The van der Waals surface area contributed by atoms with Crippen LogP contribution in [0.25, 0.3) is 11.3 Å². The quantitative estimate of drug-likeness (QED) is 0.325. The maximum Gasteiger partial charge on any atom is 0.136 e. The monoisotopic (exact) mass is 426 g/mol. The maximum absolute atomic E-state index is 14.4. The molecule has 0 radical (unpaired) electrons. The number of nitrogens with zero attached hydrogens (tertiary/aromatic N) is 2. The Labute approximate surface area is 187 Å². The predicted molar refractivity (Wildman–Crippen MR) is 126 cm³/mol. The highest BCUT2D eigenvalue weighted by Crippen LogP contribution is 2.34. The molecule has 0 atom stereocenters. The van der Waals surface area contributed by atoms with Crippen LogP contribution in [0, 0.1) is 17.7 Å². The van der Waals surface area contributed by atoms with Crippen LogP contribution in [0.4, 0.5) is 4.39 Å². The highest BCUT2D eigenvalue weighted by Gasteiger charge is 2.21. The minimum absolute atomic E-state index is 0.324. The fourth-order valence-electron chi connectivity index (χ4n) is 4.79. The molecule has 0 spiro atoms. The number of unbranched alkanes of at least 4 members (excludes halogenated alkanes) is 4. The van der Waals surface area contributed by atoms with Gasteiger partial charge in [0.1, 0.15) is 11.6 Å². The van der Waals surface area contributed by atoms with Crippen LogP contribution in [0.3, 0.4) is 0 Å². The number of hydrogen-bond acceptors (Lipinski definition) is 3. The van der Waals surface area contributed by atoms with E-state index < -0.39 is 0 Å². The fraction of sp³-hybridized carbons (Fsp3) is 0.630. The second kappa shape index (κ2) is 12.8. The summed E-state index contributed by atoms with van der Waals surface area (Å²) in [6, 6.07) is 8.79. The molecule has 0 unspecified atom stereocenters. The SMILES string of the molecule is CCCCCCCC1CCC(CCc2ccc(-c3ccc(OCC)cc3F)nn2)CC1. The molecule has 1 heterocycles. The van der Waals surface area contributed by atoms with Crippen LogP contribution in [0.15, 0.2) is 30.3 Å². The molecular formula is C27H39FN2O. The molecule has 0 N–H and O–H groups in total. The van der Waals surface area contributed by atoms with Crippen LogP contribution >= 0.6 is 0 Å². The Kier molecular flexibility index (Phi) is 9.77. The van der Waals surface area contributed by atoms with E-state index in [1.165, 1.54) is 76.7 Å². The van der Waals surface area contributed by atoms with E-state index >= 15 is 0 Å². The van der Waals surface area contributed by atoms with Crippen LogP contribution < -0.4 is 4.74 Å².